The first-order chi connectivity index (χ1) is 18.8. The fraction of sp³-hybridized carbons (Fsp3) is 0.222. The zero-order chi connectivity index (χ0) is 27.6. The summed E-state index contributed by atoms with van der Waals surface area (Å²) in [6, 6.07) is 14.7. The van der Waals surface area contributed by atoms with Crippen molar-refractivity contribution in [1.29, 1.82) is 0 Å². The second-order valence-corrected chi connectivity index (χ2v) is 9.91. The van der Waals surface area contributed by atoms with E-state index in [1.807, 2.05) is 61.5 Å². The van der Waals surface area contributed by atoms with Crippen LogP contribution in [0.4, 0.5) is 9.93 Å². The number of nitrogens with one attached hydrogen (secondary N) is 2. The number of amides is 4. The van der Waals surface area contributed by atoms with Gasteiger partial charge in [-0.2, -0.15) is 0 Å². The van der Waals surface area contributed by atoms with Gasteiger partial charge in [0.25, 0.3) is 5.91 Å². The van der Waals surface area contributed by atoms with E-state index in [1.165, 1.54) is 5.38 Å². The number of thiazole rings is 1. The first kappa shape index (κ1) is 26.1. The predicted octanol–water partition coefficient (Wildman–Crippen LogP) is 3.18. The Balaban J connectivity index is 1.63. The van der Waals surface area contributed by atoms with E-state index < -0.39 is 34.3 Å². The van der Waals surface area contributed by atoms with Gasteiger partial charge in [-0.15, -0.1) is 11.3 Å². The van der Waals surface area contributed by atoms with Gasteiger partial charge in [-0.05, 0) is 23.6 Å². The van der Waals surface area contributed by atoms with E-state index >= 15 is 0 Å². The van der Waals surface area contributed by atoms with Gasteiger partial charge in [-0.1, -0.05) is 59.1 Å². The van der Waals surface area contributed by atoms with Gasteiger partial charge in [0.1, 0.15) is 6.54 Å². The minimum atomic E-state index is -1.32. The summed E-state index contributed by atoms with van der Waals surface area (Å²) >= 11 is 0.926. The number of aryl methyl sites for hydroxylation is 1. The third kappa shape index (κ3) is 4.87. The predicted molar refractivity (Wildman–Crippen MR) is 139 cm³/mol. The van der Waals surface area contributed by atoms with Crippen LogP contribution in [0, 0.1) is 6.92 Å². The third-order valence-electron chi connectivity index (χ3n) is 6.70. The normalized spacial score (nSPS) is 19.3. The lowest BCUT2D eigenvalue weighted by Crippen LogP contribution is -2.64. The summed E-state index contributed by atoms with van der Waals surface area (Å²) in [5.41, 5.74) is 2.25. The topological polar surface area (TPSA) is 144 Å². The van der Waals surface area contributed by atoms with Crippen molar-refractivity contribution in [2.45, 2.75) is 25.8 Å². The van der Waals surface area contributed by atoms with E-state index in [0.717, 1.165) is 28.0 Å². The van der Waals surface area contributed by atoms with Gasteiger partial charge in [-0.25, -0.2) is 19.4 Å². The highest BCUT2D eigenvalue weighted by atomic mass is 32.1. The second-order valence-electron chi connectivity index (χ2n) is 9.05. The lowest BCUT2D eigenvalue weighted by atomic mass is 9.97. The fourth-order valence-electron chi connectivity index (χ4n) is 4.75. The number of carbonyl (C=O) groups is 4. The van der Waals surface area contributed by atoms with Crippen LogP contribution in [-0.4, -0.2) is 57.8 Å². The smallest absolute Gasteiger partial charge is 0.433 e. The van der Waals surface area contributed by atoms with Crippen LogP contribution < -0.4 is 10.6 Å². The molecule has 2 aliphatic heterocycles. The molecule has 1 aromatic heterocycles. The monoisotopic (exact) mass is 549 g/mol. The number of aromatic carboxylic acids is 1. The second kappa shape index (κ2) is 10.7. The Hall–Kier alpha value is -4.55. The first-order valence-electron chi connectivity index (χ1n) is 12.1. The van der Waals surface area contributed by atoms with Crippen molar-refractivity contribution in [2.75, 3.05) is 18.7 Å². The number of hydrogen-bond donors (Lipinski definition) is 3. The molecule has 2 aromatic carbocycles. The average molecular weight is 550 g/mol. The summed E-state index contributed by atoms with van der Waals surface area (Å²) in [6.07, 6.45) is 0.240. The maximum Gasteiger partial charge on any atom is 0.433 e. The molecule has 0 bridgehead atoms. The minimum absolute atomic E-state index is 0.000304. The van der Waals surface area contributed by atoms with Crippen molar-refractivity contribution in [2.24, 2.45) is 0 Å². The van der Waals surface area contributed by atoms with E-state index in [4.69, 9.17) is 9.47 Å². The van der Waals surface area contributed by atoms with Crippen LogP contribution in [0.3, 0.4) is 0 Å². The van der Waals surface area contributed by atoms with E-state index in [9.17, 15) is 24.3 Å². The Labute approximate surface area is 227 Å². The molecule has 0 radical (unpaired) electrons. The molecule has 3 heterocycles. The lowest BCUT2D eigenvalue weighted by molar-refractivity contribution is -0.763. The Morgan fingerprint density at radius 2 is 1.87 bits per heavy atom. The number of carboxylic acids is 1. The van der Waals surface area contributed by atoms with E-state index in [1.54, 1.807) is 0 Å². The molecule has 0 spiro atoms. The highest BCUT2D eigenvalue weighted by Crippen LogP contribution is 2.37. The number of allylic oxidation sites excluding steroid dienone is 1. The molecule has 39 heavy (non-hydrogen) atoms. The number of hydrogen-bond acceptors (Lipinski definition) is 8. The third-order valence-corrected chi connectivity index (χ3v) is 7.46. The zero-order valence-electron chi connectivity index (χ0n) is 20.9. The van der Waals surface area contributed by atoms with Crippen LogP contribution in [0.5, 0.6) is 0 Å². The summed E-state index contributed by atoms with van der Waals surface area (Å²) in [4.78, 5) is 56.6. The van der Waals surface area contributed by atoms with Crippen LogP contribution in [-0.2, 0) is 31.9 Å². The Bertz CT molecular complexity index is 1470. The van der Waals surface area contributed by atoms with Crippen LogP contribution in [0.25, 0.3) is 0 Å². The Kier molecular flexibility index (Phi) is 7.13. The molecule has 12 heteroatoms. The van der Waals surface area contributed by atoms with Crippen molar-refractivity contribution in [3.05, 3.63) is 94.0 Å². The summed E-state index contributed by atoms with van der Waals surface area (Å²) < 4.78 is 10.5. The molecule has 1 unspecified atom stereocenters. The summed E-state index contributed by atoms with van der Waals surface area (Å²) in [6.45, 7) is 1.35. The number of nitrogens with zero attached hydrogens (tertiary/aromatic N) is 2. The first-order valence-corrected chi connectivity index (χ1v) is 13.0. The van der Waals surface area contributed by atoms with Crippen molar-refractivity contribution in [3.8, 4) is 0 Å². The maximum atomic E-state index is 14.0. The summed E-state index contributed by atoms with van der Waals surface area (Å²) in [7, 11) is 0. The van der Waals surface area contributed by atoms with Crippen LogP contribution >= 0.6 is 11.3 Å². The molecule has 4 amide bonds. The molecule has 2 atom stereocenters. The number of anilines is 1. The molecule has 0 aliphatic carbocycles. The molecule has 2 aliphatic rings. The summed E-state index contributed by atoms with van der Waals surface area (Å²) in [5.74, 6) is -2.29. The highest BCUT2D eigenvalue weighted by molar-refractivity contribution is 7.14. The molecule has 5 rings (SSSR count). The SMILES string of the molecule is Cc1ccccc1C[C@@H](C(=O)Nc1nc(C(=O)O)cs1)[N+]1(C2=C(Cc3ccccc3)OCO2)C(=O)CNC1=O. The van der Waals surface area contributed by atoms with Crippen molar-refractivity contribution in [1.82, 2.24) is 10.3 Å². The zero-order valence-corrected chi connectivity index (χ0v) is 21.7. The number of urea groups is 1. The van der Waals surface area contributed by atoms with Gasteiger partial charge in [0.2, 0.25) is 12.6 Å². The van der Waals surface area contributed by atoms with E-state index in [0.29, 0.717) is 0 Å². The van der Waals surface area contributed by atoms with Crippen molar-refractivity contribution < 1.29 is 38.2 Å². The fourth-order valence-corrected chi connectivity index (χ4v) is 5.44. The average Bonchev–Trinajstić information content (AvgIpc) is 3.65. The number of aromatic nitrogens is 1. The van der Waals surface area contributed by atoms with Crippen molar-refractivity contribution >= 4 is 40.3 Å². The molecule has 200 valence electrons. The quantitative estimate of drug-likeness (QED) is 0.273. The molecule has 3 aromatic rings. The molecular weight excluding hydrogens is 524 g/mol. The molecular formula is C27H25N4O7S+. The molecule has 3 N–H and O–H groups in total. The number of rotatable bonds is 9. The van der Waals surface area contributed by atoms with Crippen LogP contribution in [0.15, 0.2) is 71.6 Å². The van der Waals surface area contributed by atoms with Gasteiger partial charge < -0.3 is 14.6 Å². The largest absolute Gasteiger partial charge is 0.476 e. The molecule has 0 saturated carbocycles. The number of benzene rings is 2. The number of ether oxygens (including phenoxy) is 2. The Morgan fingerprint density at radius 3 is 2.54 bits per heavy atom. The van der Waals surface area contributed by atoms with Gasteiger partial charge in [0.15, 0.2) is 16.9 Å². The minimum Gasteiger partial charge on any atom is -0.476 e. The standard InChI is InChI=1S/C27H24N4O7S/c1-16-7-5-6-10-18(16)12-20(23(33)30-26-29-19(14-39-26)25(34)35)31(22(32)13-28-27(31)36)24-21(37-15-38-24)11-17-8-3-2-4-9-17/h2-10,14,20H,11-13,15H2,1H3,(H2-,28,29,30,33,34,35,36)/p+1/t20-,31?/m0/s1. The number of carbonyl (C=O) groups excluding carboxylic acids is 3. The van der Waals surface area contributed by atoms with Crippen molar-refractivity contribution in [3.63, 3.8) is 0 Å². The van der Waals surface area contributed by atoms with Gasteiger partial charge in [0.05, 0.1) is 0 Å². The van der Waals surface area contributed by atoms with E-state index in [-0.39, 0.29) is 48.6 Å². The molecule has 1 saturated heterocycles. The lowest BCUT2D eigenvalue weighted by Gasteiger charge is -2.33. The Morgan fingerprint density at radius 1 is 1.13 bits per heavy atom. The highest BCUT2D eigenvalue weighted by Gasteiger charge is 2.64. The van der Waals surface area contributed by atoms with Crippen LogP contribution in [0.2, 0.25) is 0 Å². The van der Waals surface area contributed by atoms with E-state index in [2.05, 4.69) is 15.6 Å². The van der Waals surface area contributed by atoms with Gasteiger partial charge in [-0.3, -0.25) is 15.4 Å². The number of carboxylic acid groups (broad SMARTS) is 1. The van der Waals surface area contributed by atoms with Crippen LogP contribution in [0.1, 0.15) is 27.2 Å². The van der Waals surface area contributed by atoms with Gasteiger partial charge >= 0.3 is 23.8 Å². The number of quaternary nitrogens is 1. The molecule has 11 nitrogen and oxygen atoms in total. The van der Waals surface area contributed by atoms with Gasteiger partial charge in [0, 0.05) is 18.2 Å². The number of imide groups is 1. The maximum absolute atomic E-state index is 14.0. The summed E-state index contributed by atoms with van der Waals surface area (Å²) in [5, 5.41) is 15.8. The molecule has 1 fully saturated rings.